The Bertz CT molecular complexity index is 973. The largest absolute Gasteiger partial charge is 0.501 e. The molecule has 1 amide bonds. The summed E-state index contributed by atoms with van der Waals surface area (Å²) in [6.07, 6.45) is 7.03. The quantitative estimate of drug-likeness (QED) is 0.886. The molecule has 3 aliphatic rings. The first kappa shape index (κ1) is 17.5. The summed E-state index contributed by atoms with van der Waals surface area (Å²) >= 11 is 0. The van der Waals surface area contributed by atoms with E-state index in [2.05, 4.69) is 29.2 Å². The molecule has 6 nitrogen and oxygen atoms in total. The standard InChI is InChI=1S/C22H25N3O3/c26-19-18-21(28)24(16-8-9-16)12-13-25(18)17(23-20(19)27)14-22(10-4-5-11-22)15-6-2-1-3-7-15/h1-3,6-7,16,26H,4-5,8-14H2. The van der Waals surface area contributed by atoms with Crippen LogP contribution in [0.1, 0.15) is 60.4 Å². The van der Waals surface area contributed by atoms with E-state index in [0.29, 0.717) is 25.3 Å². The van der Waals surface area contributed by atoms with E-state index >= 15 is 0 Å². The molecule has 1 aromatic carbocycles. The fourth-order valence-corrected chi connectivity index (χ4v) is 5.07. The van der Waals surface area contributed by atoms with Crippen LogP contribution in [-0.4, -0.2) is 38.1 Å². The summed E-state index contributed by atoms with van der Waals surface area (Å²) in [7, 11) is 0. The van der Waals surface area contributed by atoms with Crippen LogP contribution >= 0.6 is 0 Å². The van der Waals surface area contributed by atoms with Gasteiger partial charge in [-0.15, -0.1) is 0 Å². The minimum absolute atomic E-state index is 0.0604. The molecule has 6 heteroatoms. The highest BCUT2D eigenvalue weighted by Gasteiger charge is 2.41. The van der Waals surface area contributed by atoms with Gasteiger partial charge in [-0.2, -0.15) is 4.98 Å². The van der Waals surface area contributed by atoms with Crippen molar-refractivity contribution >= 4 is 5.91 Å². The molecule has 2 aliphatic carbocycles. The Labute approximate surface area is 163 Å². The highest BCUT2D eigenvalue weighted by atomic mass is 16.3. The highest BCUT2D eigenvalue weighted by Crippen LogP contribution is 2.43. The Balaban J connectivity index is 1.58. The summed E-state index contributed by atoms with van der Waals surface area (Å²) in [6, 6.07) is 10.7. The third-order valence-corrected chi connectivity index (χ3v) is 6.70. The van der Waals surface area contributed by atoms with Gasteiger partial charge >= 0.3 is 5.56 Å². The zero-order valence-electron chi connectivity index (χ0n) is 15.9. The Morgan fingerprint density at radius 1 is 1.07 bits per heavy atom. The third-order valence-electron chi connectivity index (χ3n) is 6.70. The predicted octanol–water partition coefficient (Wildman–Crippen LogP) is 2.62. The number of carbonyl (C=O) groups excluding carboxylic acids is 1. The molecule has 0 saturated heterocycles. The second kappa shape index (κ2) is 6.47. The lowest BCUT2D eigenvalue weighted by Gasteiger charge is -2.34. The second-order valence-corrected chi connectivity index (χ2v) is 8.44. The van der Waals surface area contributed by atoms with Crippen molar-refractivity contribution in [3.05, 3.63) is 57.8 Å². The summed E-state index contributed by atoms with van der Waals surface area (Å²) in [4.78, 5) is 31.4. The maximum absolute atomic E-state index is 13.0. The van der Waals surface area contributed by atoms with Crippen molar-refractivity contribution in [2.45, 2.75) is 62.9 Å². The molecule has 2 heterocycles. The van der Waals surface area contributed by atoms with E-state index in [0.717, 1.165) is 38.5 Å². The minimum Gasteiger partial charge on any atom is -0.501 e. The van der Waals surface area contributed by atoms with Crippen molar-refractivity contribution in [2.75, 3.05) is 6.54 Å². The number of aromatic hydroxyl groups is 1. The van der Waals surface area contributed by atoms with Gasteiger partial charge in [-0.05, 0) is 31.2 Å². The number of nitrogens with zero attached hydrogens (tertiary/aromatic N) is 3. The molecule has 1 aliphatic heterocycles. The fourth-order valence-electron chi connectivity index (χ4n) is 5.07. The van der Waals surface area contributed by atoms with Gasteiger partial charge in [0.05, 0.1) is 0 Å². The number of hydrogen-bond donors (Lipinski definition) is 1. The highest BCUT2D eigenvalue weighted by molar-refractivity contribution is 5.96. The van der Waals surface area contributed by atoms with Crippen LogP contribution < -0.4 is 5.56 Å². The van der Waals surface area contributed by atoms with Crippen LogP contribution in [0.2, 0.25) is 0 Å². The normalized spacial score (nSPS) is 21.0. The average Bonchev–Trinajstić information content (AvgIpc) is 3.44. The first-order valence-electron chi connectivity index (χ1n) is 10.3. The van der Waals surface area contributed by atoms with E-state index in [9.17, 15) is 14.7 Å². The van der Waals surface area contributed by atoms with Gasteiger partial charge in [0.15, 0.2) is 5.69 Å². The van der Waals surface area contributed by atoms with E-state index in [-0.39, 0.29) is 23.1 Å². The molecular formula is C22H25N3O3. The Morgan fingerprint density at radius 2 is 1.79 bits per heavy atom. The van der Waals surface area contributed by atoms with E-state index in [4.69, 9.17) is 0 Å². The second-order valence-electron chi connectivity index (χ2n) is 8.44. The first-order chi connectivity index (χ1) is 13.6. The summed E-state index contributed by atoms with van der Waals surface area (Å²) < 4.78 is 1.81. The number of amides is 1. The number of fused-ring (bicyclic) bond motifs is 1. The molecule has 0 spiro atoms. The Morgan fingerprint density at radius 3 is 2.46 bits per heavy atom. The number of carbonyl (C=O) groups is 1. The molecule has 28 heavy (non-hydrogen) atoms. The topological polar surface area (TPSA) is 75.4 Å². The van der Waals surface area contributed by atoms with Crippen LogP contribution in [0.4, 0.5) is 0 Å². The van der Waals surface area contributed by atoms with Gasteiger partial charge in [-0.1, -0.05) is 43.2 Å². The minimum atomic E-state index is -0.687. The van der Waals surface area contributed by atoms with Crippen molar-refractivity contribution in [3.8, 4) is 5.75 Å². The molecule has 146 valence electrons. The molecule has 5 rings (SSSR count). The summed E-state index contributed by atoms with van der Waals surface area (Å²) in [6.45, 7) is 1.20. The van der Waals surface area contributed by atoms with Gasteiger partial charge in [0, 0.05) is 31.0 Å². The van der Waals surface area contributed by atoms with Crippen molar-refractivity contribution in [2.24, 2.45) is 0 Å². The summed E-state index contributed by atoms with van der Waals surface area (Å²) in [5.41, 5.74) is 0.656. The lowest BCUT2D eigenvalue weighted by molar-refractivity contribution is 0.0678. The molecule has 1 N–H and O–H groups in total. The molecule has 0 radical (unpaired) electrons. The zero-order valence-corrected chi connectivity index (χ0v) is 15.9. The summed E-state index contributed by atoms with van der Waals surface area (Å²) in [5.74, 6) is -0.0983. The van der Waals surface area contributed by atoms with Gasteiger partial charge in [-0.3, -0.25) is 9.59 Å². The first-order valence-corrected chi connectivity index (χ1v) is 10.3. The van der Waals surface area contributed by atoms with Crippen molar-refractivity contribution in [1.82, 2.24) is 14.5 Å². The van der Waals surface area contributed by atoms with Crippen molar-refractivity contribution < 1.29 is 9.90 Å². The molecule has 2 saturated carbocycles. The van der Waals surface area contributed by atoms with Gasteiger partial charge in [0.2, 0.25) is 5.75 Å². The smallest absolute Gasteiger partial charge is 0.315 e. The summed E-state index contributed by atoms with van der Waals surface area (Å²) in [5, 5.41) is 10.4. The third kappa shape index (κ3) is 2.74. The van der Waals surface area contributed by atoms with Crippen LogP contribution in [0.3, 0.4) is 0 Å². The lowest BCUT2D eigenvalue weighted by atomic mass is 9.76. The average molecular weight is 379 g/mol. The molecule has 1 aromatic heterocycles. The van der Waals surface area contributed by atoms with Crippen LogP contribution in [0.5, 0.6) is 5.75 Å². The number of benzene rings is 1. The van der Waals surface area contributed by atoms with Crippen LogP contribution in [-0.2, 0) is 18.4 Å². The Hall–Kier alpha value is -2.63. The van der Waals surface area contributed by atoms with Gasteiger partial charge in [0.25, 0.3) is 5.91 Å². The number of rotatable bonds is 4. The Kier molecular flexibility index (Phi) is 4.03. The molecule has 0 bridgehead atoms. The predicted molar refractivity (Wildman–Crippen MR) is 105 cm³/mol. The SMILES string of the molecule is O=C1c2c(O)c(=O)nc(CC3(c4ccccc4)CCCC3)n2CCN1C1CC1. The van der Waals surface area contributed by atoms with Crippen molar-refractivity contribution in [1.29, 1.82) is 0 Å². The van der Waals surface area contributed by atoms with Gasteiger partial charge < -0.3 is 14.6 Å². The van der Waals surface area contributed by atoms with Gasteiger partial charge in [-0.25, -0.2) is 0 Å². The molecule has 0 atom stereocenters. The van der Waals surface area contributed by atoms with Crippen LogP contribution in [0, 0.1) is 0 Å². The zero-order chi connectivity index (χ0) is 19.3. The van der Waals surface area contributed by atoms with E-state index in [1.807, 2.05) is 6.07 Å². The molecule has 2 aromatic rings. The van der Waals surface area contributed by atoms with E-state index < -0.39 is 11.3 Å². The van der Waals surface area contributed by atoms with Gasteiger partial charge in [0.1, 0.15) is 5.82 Å². The molecule has 2 fully saturated rings. The number of hydrogen-bond acceptors (Lipinski definition) is 4. The lowest BCUT2D eigenvalue weighted by Crippen LogP contribution is -2.45. The number of aromatic nitrogens is 2. The van der Waals surface area contributed by atoms with Crippen LogP contribution in [0.25, 0.3) is 0 Å². The maximum Gasteiger partial charge on any atom is 0.315 e. The van der Waals surface area contributed by atoms with E-state index in [1.54, 1.807) is 9.47 Å². The molecular weight excluding hydrogens is 354 g/mol. The monoisotopic (exact) mass is 379 g/mol. The van der Waals surface area contributed by atoms with Crippen LogP contribution in [0.15, 0.2) is 35.1 Å². The maximum atomic E-state index is 13.0. The fraction of sp³-hybridized carbons (Fsp3) is 0.500. The van der Waals surface area contributed by atoms with Crippen molar-refractivity contribution in [3.63, 3.8) is 0 Å². The van der Waals surface area contributed by atoms with E-state index in [1.165, 1.54) is 5.56 Å². The molecule has 0 unspecified atom stereocenters.